The Morgan fingerprint density at radius 2 is 1.89 bits per heavy atom. The molecule has 1 aromatic carbocycles. The second-order valence-electron chi connectivity index (χ2n) is 3.75. The molecule has 7 nitrogen and oxygen atoms in total. The molecule has 0 bridgehead atoms. The molecule has 0 fully saturated rings. The van der Waals surface area contributed by atoms with Crippen LogP contribution in [-0.4, -0.2) is 30.9 Å². The SMILES string of the molecule is NC(=O)c1n[nH]nc1-c1ccc(-c2csnn2)cc1. The summed E-state index contributed by atoms with van der Waals surface area (Å²) in [6.45, 7) is 0. The van der Waals surface area contributed by atoms with Gasteiger partial charge >= 0.3 is 0 Å². The topological polar surface area (TPSA) is 110 Å². The number of nitrogens with two attached hydrogens (primary N) is 1. The number of aromatic nitrogens is 5. The van der Waals surface area contributed by atoms with E-state index in [9.17, 15) is 4.79 Å². The van der Waals surface area contributed by atoms with Gasteiger partial charge in [-0.2, -0.15) is 15.4 Å². The number of nitrogens with one attached hydrogen (secondary N) is 1. The van der Waals surface area contributed by atoms with Crippen LogP contribution in [0.1, 0.15) is 10.5 Å². The van der Waals surface area contributed by atoms with E-state index in [-0.39, 0.29) is 5.69 Å². The van der Waals surface area contributed by atoms with Crippen molar-refractivity contribution in [1.29, 1.82) is 0 Å². The molecule has 0 aliphatic rings. The third kappa shape index (κ3) is 2.08. The zero-order chi connectivity index (χ0) is 13.2. The molecule has 19 heavy (non-hydrogen) atoms. The van der Waals surface area contributed by atoms with E-state index in [0.29, 0.717) is 5.69 Å². The van der Waals surface area contributed by atoms with Crippen LogP contribution in [0.15, 0.2) is 29.6 Å². The fourth-order valence-electron chi connectivity index (χ4n) is 1.69. The van der Waals surface area contributed by atoms with Gasteiger partial charge < -0.3 is 5.73 Å². The summed E-state index contributed by atoms with van der Waals surface area (Å²) >= 11 is 1.29. The summed E-state index contributed by atoms with van der Waals surface area (Å²) in [6, 6.07) is 7.43. The van der Waals surface area contributed by atoms with Gasteiger partial charge in [0.15, 0.2) is 5.69 Å². The smallest absolute Gasteiger partial charge is 0.271 e. The van der Waals surface area contributed by atoms with E-state index < -0.39 is 5.91 Å². The number of aromatic amines is 1. The molecule has 0 aliphatic heterocycles. The van der Waals surface area contributed by atoms with Crippen molar-refractivity contribution in [2.75, 3.05) is 0 Å². The van der Waals surface area contributed by atoms with Crippen LogP contribution in [0.3, 0.4) is 0 Å². The summed E-state index contributed by atoms with van der Waals surface area (Å²) < 4.78 is 3.81. The Labute approximate surface area is 111 Å². The molecule has 3 N–H and O–H groups in total. The molecular formula is C11H8N6OS. The number of carbonyl (C=O) groups excluding carboxylic acids is 1. The van der Waals surface area contributed by atoms with Crippen molar-refractivity contribution in [3.63, 3.8) is 0 Å². The largest absolute Gasteiger partial charge is 0.364 e. The second kappa shape index (κ2) is 4.58. The molecule has 3 aromatic rings. The first-order valence-corrected chi connectivity index (χ1v) is 6.18. The summed E-state index contributed by atoms with van der Waals surface area (Å²) in [5.74, 6) is -0.614. The molecule has 0 aliphatic carbocycles. The Kier molecular flexibility index (Phi) is 2.76. The van der Waals surface area contributed by atoms with Crippen molar-refractivity contribution < 1.29 is 4.79 Å². The zero-order valence-corrected chi connectivity index (χ0v) is 10.4. The Balaban J connectivity index is 1.99. The first-order chi connectivity index (χ1) is 9.25. The molecule has 0 unspecified atom stereocenters. The lowest BCUT2D eigenvalue weighted by Gasteiger charge is -2.00. The molecule has 3 rings (SSSR count). The van der Waals surface area contributed by atoms with Gasteiger partial charge in [-0.3, -0.25) is 4.79 Å². The number of carbonyl (C=O) groups is 1. The Morgan fingerprint density at radius 3 is 2.53 bits per heavy atom. The van der Waals surface area contributed by atoms with Gasteiger partial charge in [-0.15, -0.1) is 5.10 Å². The van der Waals surface area contributed by atoms with E-state index >= 15 is 0 Å². The summed E-state index contributed by atoms with van der Waals surface area (Å²) in [5.41, 5.74) is 8.31. The van der Waals surface area contributed by atoms with E-state index in [4.69, 9.17) is 5.73 Å². The summed E-state index contributed by atoms with van der Waals surface area (Å²) in [6.07, 6.45) is 0. The van der Waals surface area contributed by atoms with E-state index in [1.807, 2.05) is 29.6 Å². The number of amides is 1. The summed E-state index contributed by atoms with van der Waals surface area (Å²) in [4.78, 5) is 11.2. The molecule has 1 amide bonds. The number of benzene rings is 1. The molecule has 94 valence electrons. The maximum absolute atomic E-state index is 11.2. The Morgan fingerprint density at radius 1 is 1.16 bits per heavy atom. The highest BCUT2D eigenvalue weighted by molar-refractivity contribution is 7.03. The van der Waals surface area contributed by atoms with Gasteiger partial charge in [-0.1, -0.05) is 28.8 Å². The highest BCUT2D eigenvalue weighted by atomic mass is 32.1. The predicted octanol–water partition coefficient (Wildman–Crippen LogP) is 1.09. The van der Waals surface area contributed by atoms with Gasteiger partial charge in [0.25, 0.3) is 5.91 Å². The molecule has 0 atom stereocenters. The summed E-state index contributed by atoms with van der Waals surface area (Å²) in [5, 5.41) is 15.9. The van der Waals surface area contributed by atoms with Crippen LogP contribution in [0.5, 0.6) is 0 Å². The number of rotatable bonds is 3. The minimum absolute atomic E-state index is 0.128. The van der Waals surface area contributed by atoms with Crippen LogP contribution in [0.4, 0.5) is 0 Å². The average Bonchev–Trinajstić information content (AvgIpc) is 3.10. The van der Waals surface area contributed by atoms with Crippen LogP contribution in [0.25, 0.3) is 22.5 Å². The number of primary amides is 1. The first-order valence-electron chi connectivity index (χ1n) is 5.34. The maximum atomic E-state index is 11.2. The molecule has 2 heterocycles. The molecule has 8 heteroatoms. The van der Waals surface area contributed by atoms with Crippen molar-refractivity contribution in [2.45, 2.75) is 0 Å². The van der Waals surface area contributed by atoms with Crippen molar-refractivity contribution >= 4 is 17.4 Å². The number of hydrogen-bond acceptors (Lipinski definition) is 6. The van der Waals surface area contributed by atoms with Gasteiger partial charge in [0.1, 0.15) is 11.4 Å². The lowest BCUT2D eigenvalue weighted by Crippen LogP contribution is -2.12. The third-order valence-corrected chi connectivity index (χ3v) is 3.10. The van der Waals surface area contributed by atoms with Gasteiger partial charge in [-0.25, -0.2) is 0 Å². The fraction of sp³-hybridized carbons (Fsp3) is 0. The van der Waals surface area contributed by atoms with Gasteiger partial charge in [0.2, 0.25) is 0 Å². The average molecular weight is 272 g/mol. The van der Waals surface area contributed by atoms with Crippen LogP contribution in [-0.2, 0) is 0 Å². The van der Waals surface area contributed by atoms with Crippen molar-refractivity contribution in [3.8, 4) is 22.5 Å². The van der Waals surface area contributed by atoms with Crippen LogP contribution in [0, 0.1) is 0 Å². The Bertz CT molecular complexity index is 703. The predicted molar refractivity (Wildman–Crippen MR) is 69.2 cm³/mol. The standard InChI is InChI=1S/C11H8N6OS/c12-11(18)10-9(14-16-15-10)7-3-1-6(2-4-7)8-5-19-17-13-8/h1-5H,(H2,12,18)(H,14,15,16). The minimum atomic E-state index is -0.614. The lowest BCUT2D eigenvalue weighted by atomic mass is 10.1. The maximum Gasteiger partial charge on any atom is 0.271 e. The van der Waals surface area contributed by atoms with Crippen LogP contribution in [0.2, 0.25) is 0 Å². The zero-order valence-electron chi connectivity index (χ0n) is 9.57. The van der Waals surface area contributed by atoms with Crippen LogP contribution < -0.4 is 5.73 Å². The van der Waals surface area contributed by atoms with Gasteiger partial charge in [-0.05, 0) is 11.5 Å². The van der Waals surface area contributed by atoms with E-state index in [2.05, 4.69) is 25.0 Å². The number of H-pyrrole nitrogens is 1. The highest BCUT2D eigenvalue weighted by Gasteiger charge is 2.15. The van der Waals surface area contributed by atoms with E-state index in [1.54, 1.807) is 0 Å². The lowest BCUT2D eigenvalue weighted by molar-refractivity contribution is 0.0996. The quantitative estimate of drug-likeness (QED) is 0.741. The van der Waals surface area contributed by atoms with Gasteiger partial charge in [0.05, 0.1) is 0 Å². The fourth-order valence-corrected chi connectivity index (χ4v) is 2.16. The number of hydrogen-bond donors (Lipinski definition) is 2. The second-order valence-corrected chi connectivity index (χ2v) is 4.36. The summed E-state index contributed by atoms with van der Waals surface area (Å²) in [7, 11) is 0. The highest BCUT2D eigenvalue weighted by Crippen LogP contribution is 2.24. The van der Waals surface area contributed by atoms with Crippen molar-refractivity contribution in [2.24, 2.45) is 5.73 Å². The van der Waals surface area contributed by atoms with Crippen molar-refractivity contribution in [1.82, 2.24) is 25.0 Å². The van der Waals surface area contributed by atoms with Crippen molar-refractivity contribution in [3.05, 3.63) is 35.3 Å². The minimum Gasteiger partial charge on any atom is -0.364 e. The molecule has 0 spiro atoms. The van der Waals surface area contributed by atoms with E-state index in [0.717, 1.165) is 16.8 Å². The Hall–Kier alpha value is -2.61. The first kappa shape index (κ1) is 11.5. The molecule has 0 radical (unpaired) electrons. The third-order valence-electron chi connectivity index (χ3n) is 2.60. The molecule has 2 aromatic heterocycles. The number of nitrogens with zero attached hydrogens (tertiary/aromatic N) is 4. The monoisotopic (exact) mass is 272 g/mol. The van der Waals surface area contributed by atoms with E-state index in [1.165, 1.54) is 11.5 Å². The molecule has 0 saturated heterocycles. The molecule has 0 saturated carbocycles. The normalized spacial score (nSPS) is 10.5. The molecular weight excluding hydrogens is 264 g/mol. The van der Waals surface area contributed by atoms with Gasteiger partial charge in [0, 0.05) is 16.5 Å². The van der Waals surface area contributed by atoms with Crippen LogP contribution >= 0.6 is 11.5 Å².